The van der Waals surface area contributed by atoms with Crippen LogP contribution in [0.1, 0.15) is 26.3 Å². The van der Waals surface area contributed by atoms with Gasteiger partial charge in [-0.2, -0.15) is 0 Å². The van der Waals surface area contributed by atoms with E-state index in [1.54, 1.807) is 6.92 Å². The molecule has 2 heteroatoms. The second-order valence-corrected chi connectivity index (χ2v) is 3.88. The molecule has 0 bridgehead atoms. The third kappa shape index (κ3) is 2.72. The highest BCUT2D eigenvalue weighted by atomic mass is 16.1. The van der Waals surface area contributed by atoms with E-state index in [1.807, 2.05) is 18.5 Å². The molecule has 0 aromatic carbocycles. The van der Waals surface area contributed by atoms with Crippen LogP contribution in [0.15, 0.2) is 18.5 Å². The lowest BCUT2D eigenvalue weighted by molar-refractivity contribution is -0.121. The van der Waals surface area contributed by atoms with Crippen LogP contribution in [0.4, 0.5) is 0 Å². The van der Waals surface area contributed by atoms with Crippen LogP contribution in [0, 0.1) is 11.8 Å². The lowest BCUT2D eigenvalue weighted by Gasteiger charge is -2.16. The second-order valence-electron chi connectivity index (χ2n) is 3.88. The molecule has 72 valence electrons. The Morgan fingerprint density at radius 3 is 2.62 bits per heavy atom. The number of carbonyl (C=O) groups is 1. The highest BCUT2D eigenvalue weighted by molar-refractivity contribution is 5.78. The van der Waals surface area contributed by atoms with Gasteiger partial charge in [0.15, 0.2) is 0 Å². The highest BCUT2D eigenvalue weighted by Gasteiger charge is 2.18. The van der Waals surface area contributed by atoms with E-state index in [1.165, 1.54) is 5.56 Å². The fraction of sp³-hybridized carbons (Fsp3) is 0.545. The Labute approximate surface area is 79.4 Å². The molecule has 0 fully saturated rings. The van der Waals surface area contributed by atoms with Crippen LogP contribution < -0.4 is 0 Å². The number of H-pyrrole nitrogens is 1. The monoisotopic (exact) mass is 179 g/mol. The first-order valence-electron chi connectivity index (χ1n) is 4.73. The number of nitrogens with one attached hydrogen (secondary N) is 1. The summed E-state index contributed by atoms with van der Waals surface area (Å²) in [6, 6.07) is 2.03. The van der Waals surface area contributed by atoms with E-state index in [4.69, 9.17) is 0 Å². The van der Waals surface area contributed by atoms with Crippen molar-refractivity contribution in [3.05, 3.63) is 24.0 Å². The van der Waals surface area contributed by atoms with Crippen LogP contribution in [0.5, 0.6) is 0 Å². The standard InChI is InChI=1S/C11H17NO/c1-8(2)11(9(3)13)6-10-4-5-12-7-10/h4-5,7-8,11-12H,6H2,1-3H3. The molecule has 0 aliphatic rings. The molecular formula is C11H17NO. The summed E-state index contributed by atoms with van der Waals surface area (Å²) in [6.07, 6.45) is 4.71. The van der Waals surface area contributed by atoms with Gasteiger partial charge in [-0.25, -0.2) is 0 Å². The minimum absolute atomic E-state index is 0.163. The molecule has 1 rings (SSSR count). The van der Waals surface area contributed by atoms with E-state index in [9.17, 15) is 4.79 Å². The number of hydrogen-bond acceptors (Lipinski definition) is 1. The van der Waals surface area contributed by atoms with Gasteiger partial charge in [0.25, 0.3) is 0 Å². The van der Waals surface area contributed by atoms with Crippen molar-refractivity contribution in [3.63, 3.8) is 0 Å². The predicted molar refractivity (Wildman–Crippen MR) is 53.5 cm³/mol. The number of aromatic amines is 1. The normalized spacial score (nSPS) is 13.2. The van der Waals surface area contributed by atoms with Crippen molar-refractivity contribution in [1.82, 2.24) is 4.98 Å². The number of carbonyl (C=O) groups excluding carboxylic acids is 1. The molecule has 1 atom stereocenters. The summed E-state index contributed by atoms with van der Waals surface area (Å²) < 4.78 is 0. The lowest BCUT2D eigenvalue weighted by atomic mass is 9.87. The molecule has 13 heavy (non-hydrogen) atoms. The number of hydrogen-bond donors (Lipinski definition) is 1. The third-order valence-corrected chi connectivity index (χ3v) is 2.44. The van der Waals surface area contributed by atoms with Gasteiger partial charge in [0.2, 0.25) is 0 Å². The summed E-state index contributed by atoms with van der Waals surface area (Å²) >= 11 is 0. The molecule has 0 saturated carbocycles. The van der Waals surface area contributed by atoms with Crippen molar-refractivity contribution in [2.75, 3.05) is 0 Å². The minimum Gasteiger partial charge on any atom is -0.367 e. The van der Waals surface area contributed by atoms with E-state index in [0.717, 1.165) is 6.42 Å². The Bertz CT molecular complexity index is 262. The molecule has 1 N–H and O–H groups in total. The summed E-state index contributed by atoms with van der Waals surface area (Å²) in [5.41, 5.74) is 1.22. The molecule has 0 radical (unpaired) electrons. The molecule has 1 aromatic heterocycles. The van der Waals surface area contributed by atoms with E-state index in [0.29, 0.717) is 5.92 Å². The van der Waals surface area contributed by atoms with Gasteiger partial charge in [0.1, 0.15) is 5.78 Å². The van der Waals surface area contributed by atoms with Gasteiger partial charge in [0, 0.05) is 18.3 Å². The average molecular weight is 179 g/mol. The summed E-state index contributed by atoms with van der Waals surface area (Å²) in [5, 5.41) is 0. The molecule has 1 unspecified atom stereocenters. The number of ketones is 1. The van der Waals surface area contributed by atoms with Gasteiger partial charge in [-0.15, -0.1) is 0 Å². The fourth-order valence-corrected chi connectivity index (χ4v) is 1.59. The maximum Gasteiger partial charge on any atom is 0.133 e. The lowest BCUT2D eigenvalue weighted by Crippen LogP contribution is -2.19. The topological polar surface area (TPSA) is 32.9 Å². The molecule has 0 amide bonds. The Hall–Kier alpha value is -1.05. The van der Waals surface area contributed by atoms with Crippen molar-refractivity contribution in [2.45, 2.75) is 27.2 Å². The van der Waals surface area contributed by atoms with Crippen molar-refractivity contribution < 1.29 is 4.79 Å². The SMILES string of the molecule is CC(=O)C(Cc1cc[nH]c1)C(C)C. The number of aromatic nitrogens is 1. The van der Waals surface area contributed by atoms with Gasteiger partial charge in [-0.3, -0.25) is 4.79 Å². The number of rotatable bonds is 4. The van der Waals surface area contributed by atoms with Gasteiger partial charge in [0.05, 0.1) is 0 Å². The Balaban J connectivity index is 2.63. The smallest absolute Gasteiger partial charge is 0.133 e. The summed E-state index contributed by atoms with van der Waals surface area (Å²) in [7, 11) is 0. The van der Waals surface area contributed by atoms with Crippen LogP contribution in [0.3, 0.4) is 0 Å². The fourth-order valence-electron chi connectivity index (χ4n) is 1.59. The van der Waals surface area contributed by atoms with Crippen molar-refractivity contribution >= 4 is 5.78 Å². The minimum atomic E-state index is 0.163. The van der Waals surface area contributed by atoms with Crippen molar-refractivity contribution in [2.24, 2.45) is 11.8 Å². The van der Waals surface area contributed by atoms with Crippen LogP contribution in [0.25, 0.3) is 0 Å². The molecular weight excluding hydrogens is 162 g/mol. The van der Waals surface area contributed by atoms with E-state index >= 15 is 0 Å². The van der Waals surface area contributed by atoms with E-state index in [-0.39, 0.29) is 11.7 Å². The van der Waals surface area contributed by atoms with Gasteiger partial charge in [-0.1, -0.05) is 13.8 Å². The van der Waals surface area contributed by atoms with Crippen molar-refractivity contribution in [1.29, 1.82) is 0 Å². The highest BCUT2D eigenvalue weighted by Crippen LogP contribution is 2.17. The molecule has 1 aromatic rings. The summed E-state index contributed by atoms with van der Waals surface area (Å²) in [5.74, 6) is 0.874. The van der Waals surface area contributed by atoms with Crippen LogP contribution in [0.2, 0.25) is 0 Å². The van der Waals surface area contributed by atoms with Crippen LogP contribution in [-0.2, 0) is 11.2 Å². The first-order chi connectivity index (χ1) is 6.11. The Morgan fingerprint density at radius 1 is 1.54 bits per heavy atom. The first-order valence-corrected chi connectivity index (χ1v) is 4.73. The van der Waals surface area contributed by atoms with Gasteiger partial charge < -0.3 is 4.98 Å². The third-order valence-electron chi connectivity index (χ3n) is 2.44. The van der Waals surface area contributed by atoms with E-state index < -0.39 is 0 Å². The maximum absolute atomic E-state index is 11.3. The molecule has 0 aliphatic heterocycles. The largest absolute Gasteiger partial charge is 0.367 e. The number of Topliss-reactive ketones (excluding diaryl/α,β-unsaturated/α-hetero) is 1. The zero-order valence-corrected chi connectivity index (χ0v) is 8.50. The van der Waals surface area contributed by atoms with Crippen molar-refractivity contribution in [3.8, 4) is 0 Å². The first kappa shape index (κ1) is 10.0. The zero-order chi connectivity index (χ0) is 9.84. The van der Waals surface area contributed by atoms with Crippen LogP contribution in [-0.4, -0.2) is 10.8 Å². The quantitative estimate of drug-likeness (QED) is 0.756. The Kier molecular flexibility index (Phi) is 3.29. The van der Waals surface area contributed by atoms with Crippen LogP contribution >= 0.6 is 0 Å². The average Bonchev–Trinajstić information content (AvgIpc) is 2.50. The van der Waals surface area contributed by atoms with E-state index in [2.05, 4.69) is 18.8 Å². The summed E-state index contributed by atoms with van der Waals surface area (Å²) in [4.78, 5) is 14.3. The summed E-state index contributed by atoms with van der Waals surface area (Å²) in [6.45, 7) is 5.87. The van der Waals surface area contributed by atoms with Gasteiger partial charge >= 0.3 is 0 Å². The predicted octanol–water partition coefficient (Wildman–Crippen LogP) is 2.42. The second kappa shape index (κ2) is 4.26. The molecule has 0 aliphatic carbocycles. The van der Waals surface area contributed by atoms with Gasteiger partial charge in [-0.05, 0) is 30.9 Å². The maximum atomic E-state index is 11.3. The molecule has 2 nitrogen and oxygen atoms in total. The molecule has 0 saturated heterocycles. The Morgan fingerprint density at radius 2 is 2.23 bits per heavy atom. The zero-order valence-electron chi connectivity index (χ0n) is 8.50. The molecule has 1 heterocycles. The molecule has 0 spiro atoms.